The predicted molar refractivity (Wildman–Crippen MR) is 103 cm³/mol. The first-order valence-corrected chi connectivity index (χ1v) is 10.9. The summed E-state index contributed by atoms with van der Waals surface area (Å²) in [4.78, 5) is 42.5. The molecule has 4 heterocycles. The minimum atomic E-state index is -0.725. The van der Waals surface area contributed by atoms with Crippen LogP contribution in [0.2, 0.25) is 0 Å². The van der Waals surface area contributed by atoms with Crippen LogP contribution in [0.25, 0.3) is 11.3 Å². The van der Waals surface area contributed by atoms with Crippen LogP contribution in [-0.4, -0.2) is 46.4 Å². The maximum atomic E-state index is 13.9. The van der Waals surface area contributed by atoms with Gasteiger partial charge in [-0.1, -0.05) is 6.07 Å². The van der Waals surface area contributed by atoms with Gasteiger partial charge in [-0.3, -0.25) is 19.3 Å². The third kappa shape index (κ3) is 3.43. The van der Waals surface area contributed by atoms with Crippen LogP contribution in [0.1, 0.15) is 24.3 Å². The van der Waals surface area contributed by atoms with Crippen LogP contribution in [0.15, 0.2) is 23.6 Å². The number of carbonyl (C=O) groups excluding carboxylic acids is 3. The SMILES string of the molecule is O=C(CCN1C(=O)[C@@H]2[C@H](C1=O)[C@H]1CC[C@H]2O1)OCc1nc(-c2c(F)cccc2F)cs1. The second kappa shape index (κ2) is 7.76. The van der Waals surface area contributed by atoms with E-state index in [9.17, 15) is 23.2 Å². The number of rotatable bonds is 6. The van der Waals surface area contributed by atoms with Gasteiger partial charge in [0.2, 0.25) is 11.8 Å². The summed E-state index contributed by atoms with van der Waals surface area (Å²) in [6.07, 6.45) is 1.05. The summed E-state index contributed by atoms with van der Waals surface area (Å²) in [6, 6.07) is 3.55. The Kier molecular flexibility index (Phi) is 5.05. The molecule has 5 rings (SSSR count). The molecule has 4 atom stereocenters. The van der Waals surface area contributed by atoms with Gasteiger partial charge in [-0.25, -0.2) is 13.8 Å². The second-order valence-corrected chi connectivity index (χ2v) is 8.75. The highest BCUT2D eigenvalue weighted by Crippen LogP contribution is 2.48. The molecule has 0 N–H and O–H groups in total. The number of nitrogens with zero attached hydrogens (tertiary/aromatic N) is 2. The fourth-order valence-corrected chi connectivity index (χ4v) is 5.34. The molecule has 1 aromatic heterocycles. The zero-order chi connectivity index (χ0) is 21.7. The van der Waals surface area contributed by atoms with Crippen molar-refractivity contribution in [1.29, 1.82) is 0 Å². The number of amides is 2. The second-order valence-electron chi connectivity index (χ2n) is 7.80. The summed E-state index contributed by atoms with van der Waals surface area (Å²) in [5.41, 5.74) is -0.103. The number of carbonyl (C=O) groups is 3. The van der Waals surface area contributed by atoms with Crippen molar-refractivity contribution >= 4 is 29.1 Å². The lowest BCUT2D eigenvalue weighted by atomic mass is 9.81. The standard InChI is InChI=1S/C21H18F2N2O5S/c22-10-2-1-3-11(23)17(10)12-9-31-15(24-12)8-29-16(26)6-7-25-20(27)18-13-4-5-14(30-13)19(18)21(25)28/h1-3,9,13-14,18-19H,4-8H2/t13-,14-,18-,19+/m1/s1. The van der Waals surface area contributed by atoms with E-state index in [1.54, 1.807) is 0 Å². The summed E-state index contributed by atoms with van der Waals surface area (Å²) in [7, 11) is 0. The smallest absolute Gasteiger partial charge is 0.308 e. The first-order valence-electron chi connectivity index (χ1n) is 9.99. The Bertz CT molecular complexity index is 1030. The minimum absolute atomic E-state index is 0.0352. The van der Waals surface area contributed by atoms with Crippen molar-refractivity contribution in [3.05, 3.63) is 40.2 Å². The number of esters is 1. The number of likely N-dealkylation sites (tertiary alicyclic amines) is 1. The number of thiazole rings is 1. The first-order chi connectivity index (χ1) is 14.9. The Morgan fingerprint density at radius 1 is 1.16 bits per heavy atom. The van der Waals surface area contributed by atoms with Crippen LogP contribution in [0.4, 0.5) is 8.78 Å². The average molecular weight is 448 g/mol. The lowest BCUT2D eigenvalue weighted by Crippen LogP contribution is -2.36. The molecule has 3 aliphatic rings. The van der Waals surface area contributed by atoms with Crippen molar-refractivity contribution in [3.8, 4) is 11.3 Å². The molecule has 7 nitrogen and oxygen atoms in total. The summed E-state index contributed by atoms with van der Waals surface area (Å²) < 4.78 is 38.6. The number of aromatic nitrogens is 1. The zero-order valence-corrected chi connectivity index (χ0v) is 17.1. The Labute approximate surface area is 180 Å². The van der Waals surface area contributed by atoms with E-state index < -0.39 is 29.4 Å². The molecule has 2 bridgehead atoms. The molecule has 162 valence electrons. The van der Waals surface area contributed by atoms with Crippen molar-refractivity contribution in [3.63, 3.8) is 0 Å². The normalized spacial score (nSPS) is 26.6. The van der Waals surface area contributed by atoms with Gasteiger partial charge in [-0.2, -0.15) is 0 Å². The molecule has 2 amide bonds. The lowest BCUT2D eigenvalue weighted by molar-refractivity contribution is -0.147. The molecule has 31 heavy (non-hydrogen) atoms. The highest BCUT2D eigenvalue weighted by atomic mass is 32.1. The number of hydrogen-bond acceptors (Lipinski definition) is 7. The molecule has 1 aromatic carbocycles. The quantitative estimate of drug-likeness (QED) is 0.499. The Morgan fingerprint density at radius 2 is 1.81 bits per heavy atom. The number of imide groups is 1. The molecule has 0 spiro atoms. The monoisotopic (exact) mass is 448 g/mol. The topological polar surface area (TPSA) is 85.8 Å². The van der Waals surface area contributed by atoms with Gasteiger partial charge in [0.05, 0.1) is 41.7 Å². The molecular weight excluding hydrogens is 430 g/mol. The van der Waals surface area contributed by atoms with Gasteiger partial charge in [0.15, 0.2) is 0 Å². The van der Waals surface area contributed by atoms with Crippen molar-refractivity contribution in [2.45, 2.75) is 38.1 Å². The van der Waals surface area contributed by atoms with E-state index in [1.807, 2.05) is 0 Å². The maximum Gasteiger partial charge on any atom is 0.308 e. The van der Waals surface area contributed by atoms with Gasteiger partial charge in [-0.05, 0) is 25.0 Å². The van der Waals surface area contributed by atoms with E-state index in [2.05, 4.69) is 4.98 Å². The van der Waals surface area contributed by atoms with Gasteiger partial charge < -0.3 is 9.47 Å². The Balaban J connectivity index is 1.15. The van der Waals surface area contributed by atoms with E-state index in [0.29, 0.717) is 5.01 Å². The van der Waals surface area contributed by atoms with Crippen LogP contribution in [0.3, 0.4) is 0 Å². The van der Waals surface area contributed by atoms with Gasteiger partial charge in [0.25, 0.3) is 0 Å². The van der Waals surface area contributed by atoms with Crippen LogP contribution >= 0.6 is 11.3 Å². The van der Waals surface area contributed by atoms with Crippen LogP contribution in [0.5, 0.6) is 0 Å². The number of halogens is 2. The zero-order valence-electron chi connectivity index (χ0n) is 16.3. The van der Waals surface area contributed by atoms with E-state index in [4.69, 9.17) is 9.47 Å². The van der Waals surface area contributed by atoms with Crippen LogP contribution in [-0.2, 0) is 30.5 Å². The molecular formula is C21H18F2N2O5S. The fraction of sp³-hybridized carbons (Fsp3) is 0.429. The van der Waals surface area contributed by atoms with Gasteiger partial charge in [0, 0.05) is 11.9 Å². The van der Waals surface area contributed by atoms with Gasteiger partial charge in [-0.15, -0.1) is 11.3 Å². The number of benzene rings is 1. The molecule has 3 saturated heterocycles. The van der Waals surface area contributed by atoms with E-state index >= 15 is 0 Å². The fourth-order valence-electron chi connectivity index (χ4n) is 4.65. The molecule has 10 heteroatoms. The van der Waals surface area contributed by atoms with E-state index in [1.165, 1.54) is 11.4 Å². The molecule has 0 radical (unpaired) electrons. The highest BCUT2D eigenvalue weighted by Gasteiger charge is 2.62. The molecule has 2 aromatic rings. The summed E-state index contributed by atoms with van der Waals surface area (Å²) >= 11 is 1.11. The number of hydrogen-bond donors (Lipinski definition) is 0. The average Bonchev–Trinajstić information content (AvgIpc) is 3.51. The molecule has 0 saturated carbocycles. The molecule has 3 aliphatic heterocycles. The Morgan fingerprint density at radius 3 is 2.45 bits per heavy atom. The third-order valence-electron chi connectivity index (χ3n) is 6.04. The minimum Gasteiger partial charge on any atom is -0.458 e. The lowest BCUT2D eigenvalue weighted by Gasteiger charge is -2.16. The highest BCUT2D eigenvalue weighted by molar-refractivity contribution is 7.09. The van der Waals surface area contributed by atoms with Crippen LogP contribution in [0, 0.1) is 23.5 Å². The summed E-state index contributed by atoms with van der Waals surface area (Å²) in [5, 5.41) is 1.86. The van der Waals surface area contributed by atoms with Gasteiger partial charge >= 0.3 is 5.97 Å². The predicted octanol–water partition coefficient (Wildman–Crippen LogP) is 2.68. The summed E-state index contributed by atoms with van der Waals surface area (Å²) in [5.74, 6) is -3.43. The van der Waals surface area contributed by atoms with Crippen LogP contribution < -0.4 is 0 Å². The van der Waals surface area contributed by atoms with Crippen molar-refractivity contribution < 1.29 is 32.6 Å². The Hall–Kier alpha value is -2.72. The molecule has 0 aliphatic carbocycles. The van der Waals surface area contributed by atoms with E-state index in [0.717, 1.165) is 41.2 Å². The van der Waals surface area contributed by atoms with Crippen molar-refractivity contribution in [2.75, 3.05) is 6.54 Å². The molecule has 0 unspecified atom stereocenters. The number of ether oxygens (including phenoxy) is 2. The van der Waals surface area contributed by atoms with Crippen molar-refractivity contribution in [2.24, 2.45) is 11.8 Å². The maximum absolute atomic E-state index is 13.9. The number of fused-ring (bicyclic) bond motifs is 5. The van der Waals surface area contributed by atoms with E-state index in [-0.39, 0.29) is 54.9 Å². The molecule has 3 fully saturated rings. The van der Waals surface area contributed by atoms with Crippen molar-refractivity contribution in [1.82, 2.24) is 9.88 Å². The summed E-state index contributed by atoms with van der Waals surface area (Å²) in [6.45, 7) is -0.197. The largest absolute Gasteiger partial charge is 0.458 e. The first kappa shape index (κ1) is 20.2. The third-order valence-corrected chi connectivity index (χ3v) is 6.86. The van der Waals surface area contributed by atoms with Gasteiger partial charge in [0.1, 0.15) is 23.2 Å².